The van der Waals surface area contributed by atoms with Gasteiger partial charge in [-0.25, -0.2) is 9.97 Å². The van der Waals surface area contributed by atoms with E-state index in [1.54, 1.807) is 0 Å². The van der Waals surface area contributed by atoms with E-state index in [9.17, 15) is 0 Å². The van der Waals surface area contributed by atoms with Crippen LogP contribution in [0, 0.1) is 0 Å². The molecular weight excluding hydrogens is 372 g/mol. The predicted octanol–water partition coefficient (Wildman–Crippen LogP) is 3.47. The first-order valence-electron chi connectivity index (χ1n) is 10.5. The smallest absolute Gasteiger partial charge is 0.223 e. The molecule has 0 amide bonds. The average molecular weight is 403 g/mol. The second-order valence-corrected chi connectivity index (χ2v) is 8.35. The van der Waals surface area contributed by atoms with Crippen LogP contribution < -0.4 is 11.1 Å². The van der Waals surface area contributed by atoms with Gasteiger partial charge in [0.05, 0.1) is 6.54 Å². The lowest BCUT2D eigenvalue weighted by atomic mass is 9.66. The molecule has 0 saturated heterocycles. The molecule has 0 aliphatic heterocycles. The number of nitrogens with zero attached hydrogens (tertiary/aromatic N) is 4. The molecule has 0 unspecified atom stereocenters. The molecule has 1 heterocycles. The van der Waals surface area contributed by atoms with Crippen molar-refractivity contribution in [3.05, 3.63) is 83.9 Å². The minimum absolute atomic E-state index is 0.0405. The first kappa shape index (κ1) is 20.4. The van der Waals surface area contributed by atoms with E-state index >= 15 is 0 Å². The summed E-state index contributed by atoms with van der Waals surface area (Å²) in [5.74, 6) is 0.931. The van der Waals surface area contributed by atoms with Gasteiger partial charge in [0.1, 0.15) is 12.2 Å². The second-order valence-electron chi connectivity index (χ2n) is 8.35. The van der Waals surface area contributed by atoms with Gasteiger partial charge >= 0.3 is 0 Å². The van der Waals surface area contributed by atoms with Crippen molar-refractivity contribution in [1.82, 2.24) is 25.2 Å². The minimum atomic E-state index is -0.128. The molecule has 0 radical (unpaired) electrons. The van der Waals surface area contributed by atoms with E-state index in [0.717, 1.165) is 25.7 Å². The number of nitrogens with two attached hydrogens (primary N) is 1. The fourth-order valence-corrected chi connectivity index (χ4v) is 4.84. The number of nitrogens with one attached hydrogen (secondary N) is 1. The standard InChI is InChI=1S/C24H30N6/c1-30(2)24(20-11-7-4-8-12-20)15-13-23(14-16-24,19-9-5-3-6-10-19)28-17-21-26-18-27-22(25)29-21/h3-12,18,28H,13-17H2,1-2H3,(H2,25,26,27,29). The highest BCUT2D eigenvalue weighted by Gasteiger charge is 2.45. The number of benzene rings is 2. The van der Waals surface area contributed by atoms with Crippen LogP contribution in [0.15, 0.2) is 67.0 Å². The third kappa shape index (κ3) is 3.93. The maximum Gasteiger partial charge on any atom is 0.223 e. The Labute approximate surface area is 178 Å². The number of aromatic nitrogens is 3. The van der Waals surface area contributed by atoms with Gasteiger partial charge in [-0.05, 0) is 50.9 Å². The molecule has 30 heavy (non-hydrogen) atoms. The van der Waals surface area contributed by atoms with Gasteiger partial charge in [0, 0.05) is 11.1 Å². The van der Waals surface area contributed by atoms with E-state index in [2.05, 4.69) is 99.9 Å². The van der Waals surface area contributed by atoms with E-state index < -0.39 is 0 Å². The Morgan fingerprint density at radius 1 is 0.867 bits per heavy atom. The first-order chi connectivity index (χ1) is 14.5. The van der Waals surface area contributed by atoms with Crippen LogP contribution in [0.4, 0.5) is 5.95 Å². The van der Waals surface area contributed by atoms with Crippen molar-refractivity contribution in [2.75, 3.05) is 19.8 Å². The molecule has 3 N–H and O–H groups in total. The molecule has 3 aromatic rings. The van der Waals surface area contributed by atoms with Gasteiger partial charge in [-0.15, -0.1) is 0 Å². The van der Waals surface area contributed by atoms with Crippen molar-refractivity contribution in [1.29, 1.82) is 0 Å². The van der Waals surface area contributed by atoms with Gasteiger partial charge in [0.15, 0.2) is 0 Å². The molecule has 6 nitrogen and oxygen atoms in total. The van der Waals surface area contributed by atoms with Crippen molar-refractivity contribution < 1.29 is 0 Å². The fraction of sp³-hybridized carbons (Fsp3) is 0.375. The molecule has 0 atom stereocenters. The molecule has 0 spiro atoms. The largest absolute Gasteiger partial charge is 0.368 e. The van der Waals surface area contributed by atoms with Gasteiger partial charge < -0.3 is 11.1 Å². The summed E-state index contributed by atoms with van der Waals surface area (Å²) in [6, 6.07) is 21.6. The zero-order valence-electron chi connectivity index (χ0n) is 17.8. The number of hydrogen-bond acceptors (Lipinski definition) is 6. The lowest BCUT2D eigenvalue weighted by Gasteiger charge is -2.50. The number of hydrogen-bond donors (Lipinski definition) is 2. The van der Waals surface area contributed by atoms with Crippen LogP contribution in [0.3, 0.4) is 0 Å². The Hall–Kier alpha value is -2.83. The summed E-state index contributed by atoms with van der Waals surface area (Å²) >= 11 is 0. The highest BCUT2D eigenvalue weighted by atomic mass is 15.2. The topological polar surface area (TPSA) is 80.0 Å². The van der Waals surface area contributed by atoms with Crippen LogP contribution in [0.2, 0.25) is 0 Å². The van der Waals surface area contributed by atoms with E-state index in [1.807, 2.05) is 0 Å². The quantitative estimate of drug-likeness (QED) is 0.657. The van der Waals surface area contributed by atoms with Crippen LogP contribution in [-0.2, 0) is 17.6 Å². The fourth-order valence-electron chi connectivity index (χ4n) is 4.84. The van der Waals surface area contributed by atoms with Crippen molar-refractivity contribution >= 4 is 5.95 Å². The molecule has 156 valence electrons. The average Bonchev–Trinajstić information content (AvgIpc) is 2.79. The van der Waals surface area contributed by atoms with Gasteiger partial charge in [-0.1, -0.05) is 60.7 Å². The molecule has 1 aliphatic rings. The van der Waals surface area contributed by atoms with E-state index in [-0.39, 0.29) is 17.0 Å². The monoisotopic (exact) mass is 402 g/mol. The van der Waals surface area contributed by atoms with Gasteiger partial charge in [-0.3, -0.25) is 4.90 Å². The van der Waals surface area contributed by atoms with Crippen molar-refractivity contribution in [2.24, 2.45) is 0 Å². The van der Waals surface area contributed by atoms with Crippen LogP contribution >= 0.6 is 0 Å². The summed E-state index contributed by atoms with van der Waals surface area (Å²) in [5, 5.41) is 3.80. The van der Waals surface area contributed by atoms with Gasteiger partial charge in [0.25, 0.3) is 0 Å². The van der Waals surface area contributed by atoms with Crippen LogP contribution in [0.5, 0.6) is 0 Å². The Morgan fingerprint density at radius 3 is 2.03 bits per heavy atom. The van der Waals surface area contributed by atoms with Crippen LogP contribution in [0.25, 0.3) is 0 Å². The van der Waals surface area contributed by atoms with Crippen molar-refractivity contribution in [2.45, 2.75) is 43.3 Å². The molecule has 1 aromatic heterocycles. The second kappa shape index (κ2) is 8.50. The maximum absolute atomic E-state index is 5.75. The molecule has 1 aliphatic carbocycles. The lowest BCUT2D eigenvalue weighted by molar-refractivity contribution is 0.0521. The first-order valence-corrected chi connectivity index (χ1v) is 10.5. The Balaban J connectivity index is 1.62. The van der Waals surface area contributed by atoms with Crippen LogP contribution in [0.1, 0.15) is 42.6 Å². The Morgan fingerprint density at radius 2 is 1.47 bits per heavy atom. The molecular formula is C24H30N6. The number of nitrogen functional groups attached to an aromatic ring is 1. The van der Waals surface area contributed by atoms with Gasteiger partial charge in [0.2, 0.25) is 5.95 Å². The third-order valence-electron chi connectivity index (χ3n) is 6.65. The Kier molecular flexibility index (Phi) is 5.79. The molecule has 2 aromatic carbocycles. The molecule has 4 rings (SSSR count). The zero-order chi connectivity index (χ0) is 21.0. The molecule has 1 fully saturated rings. The third-order valence-corrected chi connectivity index (χ3v) is 6.65. The van der Waals surface area contributed by atoms with Crippen molar-refractivity contribution in [3.8, 4) is 0 Å². The summed E-state index contributed by atoms with van der Waals surface area (Å²) < 4.78 is 0. The zero-order valence-corrected chi connectivity index (χ0v) is 17.8. The lowest BCUT2D eigenvalue weighted by Crippen LogP contribution is -2.52. The van der Waals surface area contributed by atoms with E-state index in [4.69, 9.17) is 5.73 Å². The van der Waals surface area contributed by atoms with E-state index in [1.165, 1.54) is 17.5 Å². The van der Waals surface area contributed by atoms with E-state index in [0.29, 0.717) is 12.4 Å². The SMILES string of the molecule is CN(C)C1(c2ccccc2)CCC(NCc2ncnc(N)n2)(c2ccccc2)CC1. The highest BCUT2D eigenvalue weighted by molar-refractivity contribution is 5.30. The van der Waals surface area contributed by atoms with Crippen LogP contribution in [-0.4, -0.2) is 33.9 Å². The summed E-state index contributed by atoms with van der Waals surface area (Å²) in [6.07, 6.45) is 5.63. The normalized spacial score (nSPS) is 24.1. The molecule has 6 heteroatoms. The Bertz CT molecular complexity index is 950. The summed E-state index contributed by atoms with van der Waals surface area (Å²) in [4.78, 5) is 14.8. The summed E-state index contributed by atoms with van der Waals surface area (Å²) in [6.45, 7) is 0.557. The number of anilines is 1. The maximum atomic E-state index is 5.75. The summed E-state index contributed by atoms with van der Waals surface area (Å²) in [5.41, 5.74) is 8.36. The minimum Gasteiger partial charge on any atom is -0.368 e. The highest BCUT2D eigenvalue weighted by Crippen LogP contribution is 2.48. The summed E-state index contributed by atoms with van der Waals surface area (Å²) in [7, 11) is 4.40. The predicted molar refractivity (Wildman–Crippen MR) is 119 cm³/mol. The van der Waals surface area contributed by atoms with Crippen molar-refractivity contribution in [3.63, 3.8) is 0 Å². The van der Waals surface area contributed by atoms with Gasteiger partial charge in [-0.2, -0.15) is 4.98 Å². The molecule has 1 saturated carbocycles. The molecule has 0 bridgehead atoms. The number of rotatable bonds is 6.